The lowest BCUT2D eigenvalue weighted by Crippen LogP contribution is -2.32. The van der Waals surface area contributed by atoms with Crippen LogP contribution >= 0.6 is 0 Å². The molecular formula is C25H26N2O4S. The smallest absolute Gasteiger partial charge is 0.265 e. The lowest BCUT2D eigenvalue weighted by Gasteiger charge is -2.23. The number of methoxy groups -OCH3 is 1. The van der Waals surface area contributed by atoms with Gasteiger partial charge in [-0.25, -0.2) is 8.42 Å². The van der Waals surface area contributed by atoms with Crippen LogP contribution in [0.25, 0.3) is 0 Å². The fourth-order valence-corrected chi connectivity index (χ4v) is 4.81. The van der Waals surface area contributed by atoms with Crippen LogP contribution in [0.15, 0.2) is 77.7 Å². The van der Waals surface area contributed by atoms with Crippen LogP contribution in [0.1, 0.15) is 34.3 Å². The van der Waals surface area contributed by atoms with Crippen molar-refractivity contribution in [1.82, 2.24) is 4.90 Å². The van der Waals surface area contributed by atoms with Gasteiger partial charge >= 0.3 is 0 Å². The zero-order chi connectivity index (χ0) is 22.7. The van der Waals surface area contributed by atoms with E-state index in [9.17, 15) is 13.2 Å². The summed E-state index contributed by atoms with van der Waals surface area (Å²) in [5, 5.41) is 0. The van der Waals surface area contributed by atoms with E-state index >= 15 is 0 Å². The van der Waals surface area contributed by atoms with Crippen molar-refractivity contribution in [2.75, 3.05) is 11.8 Å². The second-order valence-corrected chi connectivity index (χ2v) is 9.64. The van der Waals surface area contributed by atoms with Crippen molar-refractivity contribution in [2.45, 2.75) is 37.2 Å². The third-order valence-corrected chi connectivity index (χ3v) is 6.85. The minimum atomic E-state index is -3.96. The first-order chi connectivity index (χ1) is 15.4. The van der Waals surface area contributed by atoms with E-state index in [0.717, 1.165) is 24.0 Å². The van der Waals surface area contributed by atoms with Crippen molar-refractivity contribution in [1.29, 1.82) is 0 Å². The molecule has 0 bridgehead atoms. The summed E-state index contributed by atoms with van der Waals surface area (Å²) >= 11 is 0. The molecule has 1 amide bonds. The minimum Gasteiger partial charge on any atom is -0.495 e. The van der Waals surface area contributed by atoms with Gasteiger partial charge in [0.1, 0.15) is 10.6 Å². The molecule has 32 heavy (non-hydrogen) atoms. The van der Waals surface area contributed by atoms with Gasteiger partial charge in [0.2, 0.25) is 0 Å². The fraction of sp³-hybridized carbons (Fsp3) is 0.240. The van der Waals surface area contributed by atoms with Crippen molar-refractivity contribution in [3.05, 3.63) is 89.5 Å². The number of nitrogens with one attached hydrogen (secondary N) is 1. The van der Waals surface area contributed by atoms with Crippen molar-refractivity contribution in [3.8, 4) is 5.75 Å². The number of aryl methyl sites for hydroxylation is 1. The van der Waals surface area contributed by atoms with Gasteiger partial charge < -0.3 is 9.64 Å². The molecule has 0 aliphatic heterocycles. The Morgan fingerprint density at radius 1 is 1.03 bits per heavy atom. The number of carbonyl (C=O) groups is 1. The van der Waals surface area contributed by atoms with Gasteiger partial charge in [-0.2, -0.15) is 0 Å². The highest BCUT2D eigenvalue weighted by Gasteiger charge is 2.34. The molecule has 3 aromatic carbocycles. The van der Waals surface area contributed by atoms with Crippen LogP contribution in [-0.2, 0) is 16.6 Å². The maximum Gasteiger partial charge on any atom is 0.265 e. The average Bonchev–Trinajstić information content (AvgIpc) is 3.64. The molecule has 6 nitrogen and oxygen atoms in total. The molecule has 0 heterocycles. The van der Waals surface area contributed by atoms with E-state index in [-0.39, 0.29) is 22.6 Å². The molecule has 7 heteroatoms. The third-order valence-electron chi connectivity index (χ3n) is 5.45. The molecule has 0 spiro atoms. The lowest BCUT2D eigenvalue weighted by atomic mass is 10.1. The number of benzene rings is 3. The molecule has 1 N–H and O–H groups in total. The van der Waals surface area contributed by atoms with Crippen molar-refractivity contribution < 1.29 is 17.9 Å². The lowest BCUT2D eigenvalue weighted by molar-refractivity contribution is 0.0729. The summed E-state index contributed by atoms with van der Waals surface area (Å²) < 4.78 is 34.1. The Balaban J connectivity index is 1.64. The molecule has 1 fully saturated rings. The largest absolute Gasteiger partial charge is 0.495 e. The van der Waals surface area contributed by atoms with Gasteiger partial charge in [0.15, 0.2) is 0 Å². The molecular weight excluding hydrogens is 424 g/mol. The number of ether oxygens (including phenoxy) is 1. The Bertz CT molecular complexity index is 1200. The summed E-state index contributed by atoms with van der Waals surface area (Å²) in [6, 6.07) is 21.6. The molecule has 0 radical (unpaired) electrons. The number of anilines is 1. The maximum absolute atomic E-state index is 13.4. The van der Waals surface area contributed by atoms with Crippen molar-refractivity contribution in [2.24, 2.45) is 0 Å². The van der Waals surface area contributed by atoms with Crippen LogP contribution in [0.3, 0.4) is 0 Å². The second-order valence-electron chi connectivity index (χ2n) is 7.99. The van der Waals surface area contributed by atoms with Crippen LogP contribution in [0, 0.1) is 6.92 Å². The predicted octanol–water partition coefficient (Wildman–Crippen LogP) is 4.61. The van der Waals surface area contributed by atoms with Gasteiger partial charge in [-0.3, -0.25) is 9.52 Å². The van der Waals surface area contributed by atoms with E-state index in [4.69, 9.17) is 4.74 Å². The fourth-order valence-electron chi connectivity index (χ4n) is 3.55. The van der Waals surface area contributed by atoms with Crippen LogP contribution < -0.4 is 9.46 Å². The number of hydrogen-bond donors (Lipinski definition) is 1. The summed E-state index contributed by atoms with van der Waals surface area (Å²) in [5.74, 6) is -0.00650. The molecule has 0 unspecified atom stereocenters. The average molecular weight is 451 g/mol. The predicted molar refractivity (Wildman–Crippen MR) is 124 cm³/mol. The summed E-state index contributed by atoms with van der Waals surface area (Å²) in [5.41, 5.74) is 2.82. The van der Waals surface area contributed by atoms with E-state index in [0.29, 0.717) is 17.8 Å². The topological polar surface area (TPSA) is 75.7 Å². The Morgan fingerprint density at radius 3 is 2.34 bits per heavy atom. The van der Waals surface area contributed by atoms with Gasteiger partial charge in [-0.1, -0.05) is 48.0 Å². The Morgan fingerprint density at radius 2 is 1.72 bits per heavy atom. The molecule has 166 valence electrons. The number of sulfonamides is 1. The first kappa shape index (κ1) is 21.9. The molecule has 0 saturated heterocycles. The number of carbonyl (C=O) groups excluding carboxylic acids is 1. The zero-order valence-electron chi connectivity index (χ0n) is 18.1. The first-order valence-electron chi connectivity index (χ1n) is 10.5. The molecule has 1 aliphatic carbocycles. The molecule has 3 aromatic rings. The van der Waals surface area contributed by atoms with Crippen molar-refractivity contribution >= 4 is 21.6 Å². The highest BCUT2D eigenvalue weighted by atomic mass is 32.2. The Hall–Kier alpha value is -3.32. The van der Waals surface area contributed by atoms with E-state index in [1.807, 2.05) is 54.3 Å². The monoisotopic (exact) mass is 450 g/mol. The molecule has 1 saturated carbocycles. The van der Waals surface area contributed by atoms with E-state index in [2.05, 4.69) is 4.72 Å². The molecule has 0 atom stereocenters. The number of hydrogen-bond acceptors (Lipinski definition) is 4. The van der Waals surface area contributed by atoms with Crippen LogP contribution in [0.4, 0.5) is 5.69 Å². The SMILES string of the molecule is COc1ccc(C(=O)N(Cc2ccccc2)C2CC2)cc1S(=O)(=O)Nc1ccc(C)cc1. The van der Waals surface area contributed by atoms with Crippen LogP contribution in [0.5, 0.6) is 5.75 Å². The van der Waals surface area contributed by atoms with Gasteiger partial charge in [0.05, 0.1) is 7.11 Å². The van der Waals surface area contributed by atoms with Gasteiger partial charge in [-0.05, 0) is 55.7 Å². The molecule has 4 rings (SSSR count). The van der Waals surface area contributed by atoms with E-state index in [1.165, 1.54) is 19.2 Å². The standard InChI is InChI=1S/C25H26N2O4S/c1-18-8-11-21(12-9-18)26-32(29,30)24-16-20(10-15-23(24)31-2)25(28)27(22-13-14-22)17-19-6-4-3-5-7-19/h3-12,15-16,22,26H,13-14,17H2,1-2H3. The van der Waals surface area contributed by atoms with Gasteiger partial charge in [-0.15, -0.1) is 0 Å². The molecule has 1 aliphatic rings. The Labute approximate surface area is 188 Å². The number of nitrogens with zero attached hydrogens (tertiary/aromatic N) is 1. The summed E-state index contributed by atoms with van der Waals surface area (Å²) in [7, 11) is -2.55. The number of rotatable bonds is 8. The minimum absolute atomic E-state index is 0.0677. The maximum atomic E-state index is 13.4. The van der Waals surface area contributed by atoms with Crippen molar-refractivity contribution in [3.63, 3.8) is 0 Å². The summed E-state index contributed by atoms with van der Waals surface area (Å²) in [6.45, 7) is 2.41. The van der Waals surface area contributed by atoms with E-state index in [1.54, 1.807) is 18.2 Å². The van der Waals surface area contributed by atoms with E-state index < -0.39 is 10.0 Å². The quantitative estimate of drug-likeness (QED) is 0.544. The van der Waals surface area contributed by atoms with Crippen LogP contribution in [-0.4, -0.2) is 32.4 Å². The second kappa shape index (κ2) is 9.04. The summed E-state index contributed by atoms with van der Waals surface area (Å²) in [6.07, 6.45) is 1.91. The van der Waals surface area contributed by atoms with Gasteiger partial charge in [0.25, 0.3) is 15.9 Å². The van der Waals surface area contributed by atoms with Crippen LogP contribution in [0.2, 0.25) is 0 Å². The van der Waals surface area contributed by atoms with Gasteiger partial charge in [0, 0.05) is 23.8 Å². The number of amides is 1. The first-order valence-corrected chi connectivity index (χ1v) is 12.0. The normalized spacial score (nSPS) is 13.4. The molecule has 0 aromatic heterocycles. The highest BCUT2D eigenvalue weighted by Crippen LogP contribution is 2.32. The zero-order valence-corrected chi connectivity index (χ0v) is 18.9. The third kappa shape index (κ3) is 4.94. The summed E-state index contributed by atoms with van der Waals surface area (Å²) in [4.78, 5) is 15.1. The Kier molecular flexibility index (Phi) is 6.19. The highest BCUT2D eigenvalue weighted by molar-refractivity contribution is 7.92.